The number of ether oxygens (including phenoxy) is 1. The first-order chi connectivity index (χ1) is 11.5. The van der Waals surface area contributed by atoms with Gasteiger partial charge in [0.05, 0.1) is 7.11 Å². The Labute approximate surface area is 141 Å². The minimum atomic E-state index is -0.327. The smallest absolute Gasteiger partial charge is 0.336 e. The molecule has 0 unspecified atom stereocenters. The average Bonchev–Trinajstić information content (AvgIpc) is 2.56. The Hall–Kier alpha value is -2.59. The van der Waals surface area contributed by atoms with Crippen molar-refractivity contribution in [1.82, 2.24) is 4.90 Å². The van der Waals surface area contributed by atoms with Crippen LogP contribution in [-0.4, -0.2) is 19.1 Å². The van der Waals surface area contributed by atoms with Crippen molar-refractivity contribution in [3.05, 3.63) is 75.6 Å². The lowest BCUT2D eigenvalue weighted by Gasteiger charge is -2.18. The van der Waals surface area contributed by atoms with Gasteiger partial charge in [-0.1, -0.05) is 29.8 Å². The summed E-state index contributed by atoms with van der Waals surface area (Å²) in [4.78, 5) is 14.0. The summed E-state index contributed by atoms with van der Waals surface area (Å²) in [5.74, 6) is 0.749. The molecule has 0 radical (unpaired) electrons. The van der Waals surface area contributed by atoms with Gasteiger partial charge in [0.15, 0.2) is 0 Å². The second kappa shape index (κ2) is 6.89. The molecule has 0 spiro atoms. The molecule has 124 valence electrons. The fourth-order valence-electron chi connectivity index (χ4n) is 2.82. The number of benzene rings is 2. The third kappa shape index (κ3) is 3.66. The van der Waals surface area contributed by atoms with E-state index in [4.69, 9.17) is 9.15 Å². The van der Waals surface area contributed by atoms with Crippen molar-refractivity contribution in [1.29, 1.82) is 0 Å². The first-order valence-corrected chi connectivity index (χ1v) is 7.90. The predicted octanol–water partition coefficient (Wildman–Crippen LogP) is 3.74. The van der Waals surface area contributed by atoms with Crippen LogP contribution < -0.4 is 10.4 Å². The van der Waals surface area contributed by atoms with Crippen LogP contribution in [0.3, 0.4) is 0 Å². The van der Waals surface area contributed by atoms with Gasteiger partial charge in [-0.05, 0) is 43.3 Å². The minimum Gasteiger partial charge on any atom is -0.497 e. The maximum Gasteiger partial charge on any atom is 0.336 e. The Morgan fingerprint density at radius 2 is 1.79 bits per heavy atom. The highest BCUT2D eigenvalue weighted by Crippen LogP contribution is 2.24. The highest BCUT2D eigenvalue weighted by molar-refractivity contribution is 5.81. The molecule has 0 bridgehead atoms. The summed E-state index contributed by atoms with van der Waals surface area (Å²) in [5, 5.41) is 0.907. The van der Waals surface area contributed by atoms with Crippen molar-refractivity contribution in [2.75, 3.05) is 14.2 Å². The summed E-state index contributed by atoms with van der Waals surface area (Å²) in [7, 11) is 3.67. The van der Waals surface area contributed by atoms with E-state index in [0.717, 1.165) is 23.2 Å². The molecule has 0 amide bonds. The summed E-state index contributed by atoms with van der Waals surface area (Å²) in [6, 6.07) is 15.5. The van der Waals surface area contributed by atoms with Gasteiger partial charge in [-0.15, -0.1) is 0 Å². The van der Waals surface area contributed by atoms with Gasteiger partial charge in [0, 0.05) is 24.5 Å². The van der Waals surface area contributed by atoms with Gasteiger partial charge < -0.3 is 9.15 Å². The van der Waals surface area contributed by atoms with Gasteiger partial charge in [0.25, 0.3) is 0 Å². The Bertz CT molecular complexity index is 897. The number of hydrogen-bond acceptors (Lipinski definition) is 4. The molecule has 0 aliphatic heterocycles. The lowest BCUT2D eigenvalue weighted by atomic mass is 10.1. The van der Waals surface area contributed by atoms with E-state index in [1.807, 2.05) is 13.1 Å². The number of nitrogens with zero attached hydrogens (tertiary/aromatic N) is 1. The number of aryl methyl sites for hydroxylation is 1. The molecule has 0 aliphatic rings. The van der Waals surface area contributed by atoms with Crippen molar-refractivity contribution in [3.8, 4) is 5.75 Å². The van der Waals surface area contributed by atoms with Gasteiger partial charge in [-0.25, -0.2) is 4.79 Å². The number of hydrogen-bond donors (Lipinski definition) is 0. The summed E-state index contributed by atoms with van der Waals surface area (Å²) in [5.41, 5.74) is 3.69. The molecule has 4 nitrogen and oxygen atoms in total. The van der Waals surface area contributed by atoms with Crippen LogP contribution in [0, 0.1) is 6.92 Å². The molecule has 24 heavy (non-hydrogen) atoms. The third-order valence-electron chi connectivity index (χ3n) is 4.05. The molecule has 1 heterocycles. The zero-order chi connectivity index (χ0) is 17.1. The zero-order valence-electron chi connectivity index (χ0n) is 14.2. The van der Waals surface area contributed by atoms with Gasteiger partial charge in [-0.3, -0.25) is 4.90 Å². The third-order valence-corrected chi connectivity index (χ3v) is 4.05. The van der Waals surface area contributed by atoms with Gasteiger partial charge in [0.2, 0.25) is 0 Å². The molecule has 0 saturated carbocycles. The Balaban J connectivity index is 1.87. The summed E-state index contributed by atoms with van der Waals surface area (Å²) >= 11 is 0. The Kier molecular flexibility index (Phi) is 4.67. The molecule has 4 heteroatoms. The maximum absolute atomic E-state index is 11.8. The molecular formula is C20H21NO3. The summed E-state index contributed by atoms with van der Waals surface area (Å²) < 4.78 is 10.6. The van der Waals surface area contributed by atoms with Crippen LogP contribution in [0.25, 0.3) is 11.0 Å². The Morgan fingerprint density at radius 1 is 1.04 bits per heavy atom. The van der Waals surface area contributed by atoms with Crippen LogP contribution in [0.5, 0.6) is 5.75 Å². The van der Waals surface area contributed by atoms with Crippen LogP contribution in [0.15, 0.2) is 57.7 Å². The average molecular weight is 323 g/mol. The predicted molar refractivity (Wildman–Crippen MR) is 95.4 cm³/mol. The van der Waals surface area contributed by atoms with Crippen LogP contribution in [0.1, 0.15) is 16.7 Å². The topological polar surface area (TPSA) is 42.7 Å². The van der Waals surface area contributed by atoms with Gasteiger partial charge >= 0.3 is 5.63 Å². The van der Waals surface area contributed by atoms with Crippen molar-refractivity contribution < 1.29 is 9.15 Å². The molecular weight excluding hydrogens is 302 g/mol. The number of fused-ring (bicyclic) bond motifs is 1. The normalized spacial score (nSPS) is 11.2. The van der Waals surface area contributed by atoms with E-state index in [1.54, 1.807) is 25.3 Å². The second-order valence-electron chi connectivity index (χ2n) is 6.11. The quantitative estimate of drug-likeness (QED) is 0.671. The molecule has 0 atom stereocenters. The van der Waals surface area contributed by atoms with E-state index in [1.165, 1.54) is 11.1 Å². The lowest BCUT2D eigenvalue weighted by Crippen LogP contribution is -2.18. The summed E-state index contributed by atoms with van der Waals surface area (Å²) in [6.45, 7) is 3.55. The Morgan fingerprint density at radius 3 is 2.50 bits per heavy atom. The lowest BCUT2D eigenvalue weighted by molar-refractivity contribution is 0.319. The van der Waals surface area contributed by atoms with Crippen LogP contribution in [-0.2, 0) is 13.1 Å². The standard InChI is InChI=1S/C20H21NO3/c1-14-4-6-15(7-5-14)12-21(2)13-16-10-20(22)24-19-9-8-17(23-3)11-18(16)19/h4-11H,12-13H2,1-3H3. The van der Waals surface area contributed by atoms with E-state index in [-0.39, 0.29) is 5.63 Å². The maximum atomic E-state index is 11.8. The number of methoxy groups -OCH3 is 1. The van der Waals surface area contributed by atoms with Crippen molar-refractivity contribution >= 4 is 11.0 Å². The van der Waals surface area contributed by atoms with E-state index in [0.29, 0.717) is 12.1 Å². The molecule has 0 N–H and O–H groups in total. The first-order valence-electron chi connectivity index (χ1n) is 7.90. The highest BCUT2D eigenvalue weighted by Gasteiger charge is 2.10. The van der Waals surface area contributed by atoms with E-state index in [2.05, 4.69) is 36.1 Å². The molecule has 0 fully saturated rings. The SMILES string of the molecule is COc1ccc2oc(=O)cc(CN(C)Cc3ccc(C)cc3)c2c1. The first kappa shape index (κ1) is 16.3. The minimum absolute atomic E-state index is 0.327. The molecule has 3 aromatic rings. The van der Waals surface area contributed by atoms with Crippen molar-refractivity contribution in [2.45, 2.75) is 20.0 Å². The molecule has 2 aromatic carbocycles. The molecule has 1 aromatic heterocycles. The fourth-order valence-corrected chi connectivity index (χ4v) is 2.82. The van der Waals surface area contributed by atoms with Crippen molar-refractivity contribution in [2.24, 2.45) is 0 Å². The van der Waals surface area contributed by atoms with Gasteiger partial charge in [-0.2, -0.15) is 0 Å². The highest BCUT2D eigenvalue weighted by atomic mass is 16.5. The largest absolute Gasteiger partial charge is 0.497 e. The van der Waals surface area contributed by atoms with Crippen molar-refractivity contribution in [3.63, 3.8) is 0 Å². The second-order valence-corrected chi connectivity index (χ2v) is 6.11. The molecule has 0 aliphatic carbocycles. The van der Waals surface area contributed by atoms with E-state index >= 15 is 0 Å². The van der Waals surface area contributed by atoms with E-state index in [9.17, 15) is 4.79 Å². The molecule has 0 saturated heterocycles. The van der Waals surface area contributed by atoms with Crippen LogP contribution in [0.4, 0.5) is 0 Å². The summed E-state index contributed by atoms with van der Waals surface area (Å²) in [6.07, 6.45) is 0. The van der Waals surface area contributed by atoms with Crippen LogP contribution in [0.2, 0.25) is 0 Å². The monoisotopic (exact) mass is 323 g/mol. The van der Waals surface area contributed by atoms with Gasteiger partial charge in [0.1, 0.15) is 11.3 Å². The van der Waals surface area contributed by atoms with E-state index < -0.39 is 0 Å². The number of rotatable bonds is 5. The zero-order valence-corrected chi connectivity index (χ0v) is 14.2. The fraction of sp³-hybridized carbons (Fsp3) is 0.250. The molecule has 3 rings (SSSR count). The van der Waals surface area contributed by atoms with Crippen LogP contribution >= 0.6 is 0 Å².